The Balaban J connectivity index is 0.000000148. The van der Waals surface area contributed by atoms with Gasteiger partial charge in [-0.3, -0.25) is 37.5 Å². The lowest BCUT2D eigenvalue weighted by molar-refractivity contribution is 0.403. The molecule has 3 aliphatic heterocycles. The van der Waals surface area contributed by atoms with Gasteiger partial charge in [-0.25, -0.2) is 35.3 Å². The number of rotatable bonds is 19. The summed E-state index contributed by atoms with van der Waals surface area (Å²) in [7, 11) is -15.3. The van der Waals surface area contributed by atoms with Crippen molar-refractivity contribution in [1.82, 2.24) is 29.3 Å². The van der Waals surface area contributed by atoms with E-state index in [1.165, 1.54) is 106 Å². The summed E-state index contributed by atoms with van der Waals surface area (Å²) in [5.41, 5.74) is 2.08. The number of thiophene rings is 3. The van der Waals surface area contributed by atoms with Gasteiger partial charge in [-0.2, -0.15) is 29.6 Å². The van der Waals surface area contributed by atoms with Crippen molar-refractivity contribution < 1.29 is 63.8 Å². The molecule has 0 saturated carbocycles. The quantitative estimate of drug-likeness (QED) is 0.0349. The lowest BCUT2D eigenvalue weighted by Gasteiger charge is -2.25. The number of nitrogens with one attached hydrogen (secondary N) is 5. The number of nitrogens with zero attached hydrogens (tertiary/aromatic N) is 9. The molecule has 582 valence electrons. The third kappa shape index (κ3) is 17.4. The van der Waals surface area contributed by atoms with Gasteiger partial charge in [-0.1, -0.05) is 106 Å². The fraction of sp³-hybridized carbons (Fsp3) is 0.125. The summed E-state index contributed by atoms with van der Waals surface area (Å²) in [5.74, 6) is -2.32. The van der Waals surface area contributed by atoms with Crippen molar-refractivity contribution in [2.75, 3.05) is 59.2 Å². The molecule has 0 bridgehead atoms. The van der Waals surface area contributed by atoms with Crippen LogP contribution in [-0.4, -0.2) is 113 Å². The summed E-state index contributed by atoms with van der Waals surface area (Å²) < 4.78 is 139. The first-order chi connectivity index (χ1) is 53.7. The predicted molar refractivity (Wildman–Crippen MR) is 444 cm³/mol. The number of aryl methyl sites for hydroxylation is 1. The van der Waals surface area contributed by atoms with E-state index in [0.717, 1.165) is 51.5 Å². The molecule has 6 aromatic carbocycles. The Bertz CT molecular complexity index is 6480. The molecule has 0 aliphatic carbocycles. The van der Waals surface area contributed by atoms with Gasteiger partial charge in [-0.05, 0) is 131 Å². The highest BCUT2D eigenvalue weighted by Crippen LogP contribution is 2.55. The van der Waals surface area contributed by atoms with Gasteiger partial charge in [0.05, 0.1) is 84.8 Å². The molecule has 8 N–H and O–H groups in total. The van der Waals surface area contributed by atoms with E-state index in [1.807, 2.05) is 84.4 Å². The largest absolute Gasteiger partial charge is 0.505 e. The highest BCUT2D eigenvalue weighted by Gasteiger charge is 2.40. The molecule has 41 heteroatoms. The van der Waals surface area contributed by atoms with Crippen LogP contribution in [0.3, 0.4) is 0 Å². The van der Waals surface area contributed by atoms with E-state index < -0.39 is 76.6 Å². The summed E-state index contributed by atoms with van der Waals surface area (Å²) in [4.78, 5) is 42.8. The summed E-state index contributed by atoms with van der Waals surface area (Å²) >= 11 is 13.3. The van der Waals surface area contributed by atoms with E-state index in [1.54, 1.807) is 47.8 Å². The monoisotopic (exact) mass is 1760 g/mol. The van der Waals surface area contributed by atoms with Gasteiger partial charge in [0.1, 0.15) is 39.6 Å². The average Bonchev–Trinajstić information content (AvgIpc) is 1.29. The van der Waals surface area contributed by atoms with Crippen LogP contribution in [0.4, 0.5) is 32.8 Å². The molecule has 3 aliphatic rings. The van der Waals surface area contributed by atoms with E-state index >= 15 is 0 Å². The van der Waals surface area contributed by atoms with Crippen LogP contribution in [0, 0.1) is 12.7 Å². The van der Waals surface area contributed by atoms with Gasteiger partial charge in [0.2, 0.25) is 20.0 Å². The maximum atomic E-state index is 13.8. The number of amidine groups is 3. The highest BCUT2D eigenvalue weighted by molar-refractivity contribution is 9.10. The minimum atomic E-state index is -4.05. The first-order valence-electron chi connectivity index (χ1n) is 33.1. The predicted octanol–water partition coefficient (Wildman–Crippen LogP) is 12.8. The number of sulfonamides is 2. The first-order valence-corrected chi connectivity index (χ1v) is 45.4. The molecule has 0 fully saturated rings. The molecule has 30 nitrogen and oxygen atoms in total. The van der Waals surface area contributed by atoms with Crippen LogP contribution < -0.4 is 58.0 Å². The van der Waals surface area contributed by atoms with Crippen molar-refractivity contribution in [3.05, 3.63) is 265 Å². The van der Waals surface area contributed by atoms with Crippen molar-refractivity contribution in [3.63, 3.8) is 0 Å². The van der Waals surface area contributed by atoms with Gasteiger partial charge in [0.25, 0.3) is 16.7 Å². The molecule has 0 radical (unpaired) electrons. The van der Waals surface area contributed by atoms with Gasteiger partial charge in [0.15, 0.2) is 34.8 Å². The number of aromatic nitrogens is 6. The highest BCUT2D eigenvalue weighted by atomic mass is 79.9. The van der Waals surface area contributed by atoms with Crippen molar-refractivity contribution in [2.24, 2.45) is 14.3 Å². The Kier molecular flexibility index (Phi) is 23.3. The Morgan fingerprint density at radius 2 is 0.858 bits per heavy atom. The van der Waals surface area contributed by atoms with Crippen LogP contribution in [-0.2, 0) is 66.9 Å². The lowest BCUT2D eigenvalue weighted by atomic mass is 10.1. The maximum Gasteiger partial charge on any atom is 0.348 e. The minimum absolute atomic E-state index is 0.0303. The normalized spacial score (nSPS) is 16.8. The van der Waals surface area contributed by atoms with Crippen molar-refractivity contribution >= 4 is 166 Å². The van der Waals surface area contributed by atoms with Crippen LogP contribution >= 0.6 is 84.1 Å². The smallest absolute Gasteiger partial charge is 0.348 e. The van der Waals surface area contributed by atoms with Crippen LogP contribution in [0.5, 0.6) is 17.2 Å². The third-order valence-corrected chi connectivity index (χ3v) is 27.4. The molecule has 12 aromatic rings. The zero-order chi connectivity index (χ0) is 80.6. The number of halogens is 3. The molecule has 3 atom stereocenters. The summed E-state index contributed by atoms with van der Waals surface area (Å²) in [6.45, 7) is 2.03. The van der Waals surface area contributed by atoms with E-state index in [4.69, 9.17) is 25.2 Å². The van der Waals surface area contributed by atoms with E-state index in [2.05, 4.69) is 70.9 Å². The van der Waals surface area contributed by atoms with Crippen LogP contribution in [0.15, 0.2) is 213 Å². The number of aromatic hydroxyl groups is 3. The van der Waals surface area contributed by atoms with Gasteiger partial charge in [0, 0.05) is 37.2 Å². The van der Waals surface area contributed by atoms with E-state index in [0.29, 0.717) is 31.2 Å². The van der Waals surface area contributed by atoms with Gasteiger partial charge >= 0.3 is 22.6 Å². The van der Waals surface area contributed by atoms with Crippen molar-refractivity contribution in [1.29, 1.82) is 0 Å². The Hall–Kier alpha value is -10.4. The Morgan fingerprint density at radius 1 is 0.487 bits per heavy atom. The number of benzene rings is 6. The lowest BCUT2D eigenvalue weighted by Crippen LogP contribution is -2.35. The third-order valence-electron chi connectivity index (χ3n) is 16.9. The molecule has 0 saturated heterocycles. The van der Waals surface area contributed by atoms with Crippen molar-refractivity contribution in [2.45, 2.75) is 26.6 Å². The molecule has 15 rings (SSSR count). The second-order valence-corrected chi connectivity index (χ2v) is 38.9. The second-order valence-electron chi connectivity index (χ2n) is 25.0. The SMILES string of the molecule is COP1(=O)N=C(c2c(O)c(-c3cccs3)nn(Cc3ccc(F)c(Cl)c3)c2=O)Nc2ccc(NS(C)(=O)=O)cc21.COP1(=O)N=C(c2c(O)c(-c3cccs3)nn(Cc3cccc(Br)c3)c2=O)Nc2ccc(C)cc21.COP1(=O)N=C(c2c(O)c(-c3cccs3)nn(Cc3ccccc3)c2=O)Nc2ccc(NS(C)(=O)=O)cc21. The van der Waals surface area contributed by atoms with Gasteiger partial charge < -0.3 is 44.8 Å². The number of anilines is 5. The standard InChI is InChI=1S/C24H20BrN4O4PS.C24H20ClFN5O6PS2.C24H22N5O6PS2/c1-14-8-9-17-18(11-14)34(32,33-2)28-23(26-17)20-22(30)21(19-7-4-10-35-19)27-29(24(20)31)13-15-5-3-6-16(25)12-15;1-37-38(34)18-11-14(30-40(2,35)36)6-8-17(18)27-23(29-38)20-22(32)21(19-4-3-9-39-19)28-31(24(20)33)12-13-5-7-16(26)15(25)10-13;1-35-36(32)18-13-16(28-38(2,33)34)10-11-17(18)25-23(27-36)20-22(30)21(19-9-6-12-37-19)26-29(24(20)31)14-15-7-4-3-5-8-15/h3-12,30H,13H2,1-2H3,(H,26,28,32);3-11,30,32H,12H2,1-2H3,(H,27,29,34);3-13,28,30H,14H2,1-2H3,(H,25,27,32). The zero-order valence-corrected chi connectivity index (χ0v) is 68.7. The molecule has 3 unspecified atom stereocenters. The van der Waals surface area contributed by atoms with Crippen LogP contribution in [0.25, 0.3) is 31.7 Å². The number of hydrogen-bond acceptors (Lipinski definition) is 25. The summed E-state index contributed by atoms with van der Waals surface area (Å²) in [5, 5.41) is 61.8. The van der Waals surface area contributed by atoms with E-state index in [9.17, 15) is 64.6 Å². The fourth-order valence-electron chi connectivity index (χ4n) is 11.8. The Labute approximate surface area is 668 Å². The second kappa shape index (κ2) is 32.6. The molecule has 6 aromatic heterocycles. The van der Waals surface area contributed by atoms with Crippen molar-refractivity contribution in [3.8, 4) is 49.0 Å². The molecule has 9 heterocycles. The van der Waals surface area contributed by atoms with Crippen LogP contribution in [0.2, 0.25) is 5.02 Å². The van der Waals surface area contributed by atoms with Gasteiger partial charge in [-0.15, -0.1) is 34.0 Å². The molecular weight excluding hydrogens is 1700 g/mol. The number of hydrogen-bond donors (Lipinski definition) is 8. The molecule has 113 heavy (non-hydrogen) atoms. The minimum Gasteiger partial charge on any atom is -0.505 e. The molecule has 0 spiro atoms. The fourth-order valence-corrected chi connectivity index (χ4v) is 20.4. The van der Waals surface area contributed by atoms with E-state index in [-0.39, 0.29) is 115 Å². The Morgan fingerprint density at radius 3 is 1.22 bits per heavy atom. The summed E-state index contributed by atoms with van der Waals surface area (Å²) in [6.07, 6.45) is 1.97. The molecule has 0 amide bonds. The zero-order valence-electron chi connectivity index (χ0n) is 59.6. The maximum absolute atomic E-state index is 13.8. The number of fused-ring (bicyclic) bond motifs is 3. The summed E-state index contributed by atoms with van der Waals surface area (Å²) in [6, 6.07) is 45.2. The first kappa shape index (κ1) is 80.7. The topological polar surface area (TPSA) is 410 Å². The molecular formula is C72H62BrClFN14O16P3S5. The average molecular weight is 1770 g/mol. The van der Waals surface area contributed by atoms with Crippen LogP contribution in [0.1, 0.15) is 38.9 Å².